The standard InChI is InChI=1S/C51H46N4/c1-7-40-32-51(6,43-23-12-10-18-36(43)27-26-34(3)50(40,4)5)44-24-15-22-42-41-21-11-13-25-45(41)55(46(42)44)49-53-47(38-20-14-16-33(2)30-38)52-48(54-49)39-29-28-35-17-8-9-19-37(35)31-39/h8-29,31-33H,3,7,30H2,1-2,4-6H3/b27-26-,40-32+. The topological polar surface area (TPSA) is 43.6 Å². The van der Waals surface area contributed by atoms with Crippen LogP contribution in [0, 0.1) is 11.3 Å². The van der Waals surface area contributed by atoms with Crippen LogP contribution in [0.1, 0.15) is 70.0 Å². The van der Waals surface area contributed by atoms with Gasteiger partial charge in [-0.25, -0.2) is 4.98 Å². The van der Waals surface area contributed by atoms with Crippen molar-refractivity contribution >= 4 is 44.2 Å². The second kappa shape index (κ2) is 13.3. The van der Waals surface area contributed by atoms with Gasteiger partial charge >= 0.3 is 0 Å². The van der Waals surface area contributed by atoms with Crippen molar-refractivity contribution in [1.82, 2.24) is 19.5 Å². The summed E-state index contributed by atoms with van der Waals surface area (Å²) in [6.07, 6.45) is 15.3. The van der Waals surface area contributed by atoms with Crippen molar-refractivity contribution in [2.24, 2.45) is 11.3 Å². The van der Waals surface area contributed by atoms with Crippen molar-refractivity contribution in [2.75, 3.05) is 0 Å². The number of hydrogen-bond donors (Lipinski definition) is 0. The number of nitrogens with zero attached hydrogens (tertiary/aromatic N) is 4. The molecule has 0 fully saturated rings. The fourth-order valence-corrected chi connectivity index (χ4v) is 8.82. The van der Waals surface area contributed by atoms with E-state index in [0.717, 1.165) is 51.4 Å². The summed E-state index contributed by atoms with van der Waals surface area (Å²) in [6, 6.07) is 39.2. The third kappa shape index (κ3) is 5.79. The SMILES string of the molecule is C=C1/C=C\c2ccccc2C(C)(c2cccc3c4ccccc4n(-c4nc(C5=CC=CC(C)C5)nc(-c5ccc6ccccc6c5)n4)c23)/C=C(\CC)C1(C)C. The Kier molecular flexibility index (Phi) is 8.38. The lowest BCUT2D eigenvalue weighted by Gasteiger charge is -2.35. The van der Waals surface area contributed by atoms with E-state index >= 15 is 0 Å². The third-order valence-corrected chi connectivity index (χ3v) is 12.1. The number of rotatable bonds is 5. The maximum atomic E-state index is 5.39. The zero-order chi connectivity index (χ0) is 37.9. The Morgan fingerprint density at radius 2 is 1.47 bits per heavy atom. The van der Waals surface area contributed by atoms with Crippen LogP contribution >= 0.6 is 0 Å². The zero-order valence-corrected chi connectivity index (χ0v) is 32.3. The molecule has 2 unspecified atom stereocenters. The summed E-state index contributed by atoms with van der Waals surface area (Å²) in [5.74, 6) is 2.38. The number of para-hydroxylation sites is 2. The number of aromatic nitrogens is 4. The van der Waals surface area contributed by atoms with Crippen LogP contribution in [0.2, 0.25) is 0 Å². The van der Waals surface area contributed by atoms with E-state index in [0.29, 0.717) is 23.5 Å². The van der Waals surface area contributed by atoms with Gasteiger partial charge in [0.1, 0.15) is 0 Å². The first kappa shape index (κ1) is 34.6. The molecule has 0 aliphatic heterocycles. The highest BCUT2D eigenvalue weighted by molar-refractivity contribution is 6.10. The molecule has 2 aliphatic carbocycles. The Bertz CT molecular complexity index is 2810. The molecule has 5 aromatic carbocycles. The summed E-state index contributed by atoms with van der Waals surface area (Å²) < 4.78 is 2.30. The number of benzene rings is 5. The lowest BCUT2D eigenvalue weighted by Crippen LogP contribution is -2.26. The van der Waals surface area contributed by atoms with Gasteiger partial charge in [0.15, 0.2) is 11.6 Å². The highest BCUT2D eigenvalue weighted by Crippen LogP contribution is 2.48. The van der Waals surface area contributed by atoms with Crippen LogP contribution in [0.4, 0.5) is 0 Å². The predicted molar refractivity (Wildman–Crippen MR) is 231 cm³/mol. The second-order valence-electron chi connectivity index (χ2n) is 16.0. The Balaban J connectivity index is 1.39. The minimum atomic E-state index is -0.525. The van der Waals surface area contributed by atoms with Crippen LogP contribution in [0.3, 0.4) is 0 Å². The minimum absolute atomic E-state index is 0.230. The van der Waals surface area contributed by atoms with Gasteiger partial charge < -0.3 is 0 Å². The lowest BCUT2D eigenvalue weighted by molar-refractivity contribution is 0.524. The van der Waals surface area contributed by atoms with E-state index in [9.17, 15) is 0 Å². The smallest absolute Gasteiger partial charge is 0.238 e. The van der Waals surface area contributed by atoms with Crippen molar-refractivity contribution in [1.29, 1.82) is 0 Å². The van der Waals surface area contributed by atoms with E-state index in [1.165, 1.54) is 33.0 Å². The molecule has 0 bridgehead atoms. The summed E-state index contributed by atoms with van der Waals surface area (Å²) in [5, 5.41) is 4.67. The third-order valence-electron chi connectivity index (χ3n) is 12.1. The van der Waals surface area contributed by atoms with Gasteiger partial charge in [0, 0.05) is 27.2 Å². The Labute approximate surface area is 324 Å². The first-order chi connectivity index (χ1) is 26.7. The molecule has 2 aliphatic rings. The number of hydrogen-bond acceptors (Lipinski definition) is 3. The van der Waals surface area contributed by atoms with Crippen molar-refractivity contribution in [3.05, 3.63) is 180 Å². The first-order valence-corrected chi connectivity index (χ1v) is 19.5. The van der Waals surface area contributed by atoms with E-state index in [1.54, 1.807) is 0 Å². The molecule has 2 aromatic heterocycles. The van der Waals surface area contributed by atoms with E-state index in [-0.39, 0.29) is 5.41 Å². The largest absolute Gasteiger partial charge is 0.277 e. The van der Waals surface area contributed by atoms with Crippen LogP contribution < -0.4 is 0 Å². The molecule has 7 aromatic rings. The zero-order valence-electron chi connectivity index (χ0n) is 32.3. The molecular formula is C51H46N4. The molecular weight excluding hydrogens is 669 g/mol. The maximum Gasteiger partial charge on any atom is 0.238 e. The van der Waals surface area contributed by atoms with E-state index in [1.807, 2.05) is 0 Å². The van der Waals surface area contributed by atoms with Crippen molar-refractivity contribution < 1.29 is 0 Å². The molecule has 4 heteroatoms. The van der Waals surface area contributed by atoms with E-state index in [2.05, 4.69) is 191 Å². The number of allylic oxidation sites excluding steroid dienone is 8. The quantitative estimate of drug-likeness (QED) is 0.167. The average Bonchev–Trinajstić information content (AvgIpc) is 3.56. The van der Waals surface area contributed by atoms with Gasteiger partial charge in [0.25, 0.3) is 0 Å². The van der Waals surface area contributed by atoms with Gasteiger partial charge in [-0.1, -0.05) is 173 Å². The predicted octanol–water partition coefficient (Wildman–Crippen LogP) is 13.0. The van der Waals surface area contributed by atoms with E-state index < -0.39 is 5.41 Å². The molecule has 4 nitrogen and oxygen atoms in total. The van der Waals surface area contributed by atoms with Crippen molar-refractivity contribution in [3.63, 3.8) is 0 Å². The fraction of sp³-hybridized carbons (Fsp3) is 0.196. The molecule has 0 spiro atoms. The Morgan fingerprint density at radius 1 is 0.745 bits per heavy atom. The normalized spacial score (nSPS) is 21.0. The van der Waals surface area contributed by atoms with Crippen LogP contribution in [0.5, 0.6) is 0 Å². The van der Waals surface area contributed by atoms with Crippen LogP contribution in [-0.2, 0) is 5.41 Å². The maximum absolute atomic E-state index is 5.39. The fourth-order valence-electron chi connectivity index (χ4n) is 8.82. The molecule has 270 valence electrons. The van der Waals surface area contributed by atoms with Crippen LogP contribution in [0.15, 0.2) is 157 Å². The molecule has 0 N–H and O–H groups in total. The average molecular weight is 715 g/mol. The first-order valence-electron chi connectivity index (χ1n) is 19.5. The van der Waals surface area contributed by atoms with Crippen LogP contribution in [0.25, 0.3) is 61.6 Å². The monoisotopic (exact) mass is 714 g/mol. The molecule has 0 amide bonds. The highest BCUT2D eigenvalue weighted by Gasteiger charge is 2.36. The Morgan fingerprint density at radius 3 is 2.31 bits per heavy atom. The summed E-state index contributed by atoms with van der Waals surface area (Å²) in [6.45, 7) is 16.1. The van der Waals surface area contributed by atoms with E-state index in [4.69, 9.17) is 15.0 Å². The summed E-state index contributed by atoms with van der Waals surface area (Å²) in [7, 11) is 0. The second-order valence-corrected chi connectivity index (χ2v) is 16.0. The number of fused-ring (bicyclic) bond motifs is 5. The van der Waals surface area contributed by atoms with Gasteiger partial charge in [-0.2, -0.15) is 9.97 Å². The van der Waals surface area contributed by atoms with Gasteiger partial charge in [-0.05, 0) is 76.4 Å². The van der Waals surface area contributed by atoms with Gasteiger partial charge in [-0.15, -0.1) is 0 Å². The van der Waals surface area contributed by atoms with Gasteiger partial charge in [0.05, 0.1) is 11.0 Å². The van der Waals surface area contributed by atoms with Crippen molar-refractivity contribution in [3.8, 4) is 17.3 Å². The molecule has 0 radical (unpaired) electrons. The minimum Gasteiger partial charge on any atom is -0.277 e. The van der Waals surface area contributed by atoms with Crippen molar-refractivity contribution in [2.45, 2.75) is 52.9 Å². The summed E-state index contributed by atoms with van der Waals surface area (Å²) in [5.41, 5.74) is 9.56. The molecule has 55 heavy (non-hydrogen) atoms. The van der Waals surface area contributed by atoms with Gasteiger partial charge in [-0.3, -0.25) is 4.57 Å². The molecule has 0 saturated heterocycles. The molecule has 0 saturated carbocycles. The summed E-state index contributed by atoms with van der Waals surface area (Å²) in [4.78, 5) is 16.0. The molecule has 2 atom stereocenters. The summed E-state index contributed by atoms with van der Waals surface area (Å²) >= 11 is 0. The van der Waals surface area contributed by atoms with Crippen LogP contribution in [-0.4, -0.2) is 19.5 Å². The van der Waals surface area contributed by atoms with Gasteiger partial charge in [0.2, 0.25) is 5.95 Å². The molecule has 2 heterocycles. The highest BCUT2D eigenvalue weighted by atomic mass is 15.2. The Hall–Kier alpha value is -6.13. The molecule has 9 rings (SSSR count). The lowest BCUT2D eigenvalue weighted by atomic mass is 9.69.